The standard InChI is InChI=1S/C22H21N3O3S/c1-27-16-7-5-15(6-8-16)19(25-11-3-4-12-25)14-21(26)24-22-23-18-10-9-17(28-2)13-20(18)29-22/h3-13,19H,14H2,1-2H3,(H,23,24,26). The molecular formula is C22H21N3O3S. The van der Waals surface area contributed by atoms with Crippen LogP contribution in [0.1, 0.15) is 18.0 Å². The van der Waals surface area contributed by atoms with Crippen LogP contribution in [0.3, 0.4) is 0 Å². The molecule has 1 amide bonds. The summed E-state index contributed by atoms with van der Waals surface area (Å²) in [4.78, 5) is 17.3. The molecule has 0 aliphatic heterocycles. The normalized spacial score (nSPS) is 11.9. The van der Waals surface area contributed by atoms with Crippen molar-refractivity contribution < 1.29 is 14.3 Å². The van der Waals surface area contributed by atoms with Crippen LogP contribution in [0, 0.1) is 0 Å². The highest BCUT2D eigenvalue weighted by Crippen LogP contribution is 2.30. The van der Waals surface area contributed by atoms with E-state index in [0.717, 1.165) is 27.3 Å². The van der Waals surface area contributed by atoms with E-state index in [-0.39, 0.29) is 11.9 Å². The maximum atomic E-state index is 12.8. The third kappa shape index (κ3) is 4.25. The van der Waals surface area contributed by atoms with Gasteiger partial charge < -0.3 is 19.4 Å². The number of carbonyl (C=O) groups excluding carboxylic acids is 1. The zero-order valence-corrected chi connectivity index (χ0v) is 17.0. The summed E-state index contributed by atoms with van der Waals surface area (Å²) in [6, 6.07) is 17.2. The Morgan fingerprint density at radius 1 is 1.07 bits per heavy atom. The highest BCUT2D eigenvalue weighted by Gasteiger charge is 2.19. The van der Waals surface area contributed by atoms with Gasteiger partial charge in [-0.25, -0.2) is 4.98 Å². The van der Waals surface area contributed by atoms with Crippen molar-refractivity contribution in [1.82, 2.24) is 9.55 Å². The summed E-state index contributed by atoms with van der Waals surface area (Å²) in [6.45, 7) is 0. The summed E-state index contributed by atoms with van der Waals surface area (Å²) >= 11 is 1.43. The molecule has 0 bridgehead atoms. The van der Waals surface area contributed by atoms with Crippen molar-refractivity contribution >= 4 is 32.6 Å². The lowest BCUT2D eigenvalue weighted by Crippen LogP contribution is -2.19. The minimum absolute atomic E-state index is 0.0921. The molecule has 148 valence electrons. The summed E-state index contributed by atoms with van der Waals surface area (Å²) in [5, 5.41) is 3.53. The fourth-order valence-electron chi connectivity index (χ4n) is 3.21. The lowest BCUT2D eigenvalue weighted by molar-refractivity contribution is -0.116. The average molecular weight is 407 g/mol. The van der Waals surface area contributed by atoms with Gasteiger partial charge in [-0.05, 0) is 48.0 Å². The Labute approximate surface area is 172 Å². The van der Waals surface area contributed by atoms with Gasteiger partial charge in [0.05, 0.1) is 36.9 Å². The van der Waals surface area contributed by atoms with E-state index in [1.165, 1.54) is 11.3 Å². The second-order valence-corrected chi connectivity index (χ2v) is 7.55. The molecule has 2 heterocycles. The third-order valence-electron chi connectivity index (χ3n) is 4.71. The first-order valence-corrected chi connectivity index (χ1v) is 9.99. The van der Waals surface area contributed by atoms with Crippen LogP contribution in [0.2, 0.25) is 0 Å². The number of rotatable bonds is 7. The average Bonchev–Trinajstić information content (AvgIpc) is 3.41. The Bertz CT molecular complexity index is 1100. The number of thiazole rings is 1. The van der Waals surface area contributed by atoms with Crippen molar-refractivity contribution in [3.63, 3.8) is 0 Å². The Hall–Kier alpha value is -3.32. The van der Waals surface area contributed by atoms with Crippen LogP contribution in [-0.2, 0) is 4.79 Å². The number of amides is 1. The molecule has 0 spiro atoms. The van der Waals surface area contributed by atoms with Gasteiger partial charge in [-0.3, -0.25) is 4.79 Å². The Kier molecular flexibility index (Phi) is 5.48. The van der Waals surface area contributed by atoms with Gasteiger partial charge in [0.2, 0.25) is 5.91 Å². The molecule has 6 nitrogen and oxygen atoms in total. The van der Waals surface area contributed by atoms with Crippen molar-refractivity contribution in [2.45, 2.75) is 12.5 Å². The fourth-order valence-corrected chi connectivity index (χ4v) is 4.12. The second kappa shape index (κ2) is 8.36. The number of methoxy groups -OCH3 is 2. The van der Waals surface area contributed by atoms with E-state index in [0.29, 0.717) is 11.6 Å². The van der Waals surface area contributed by atoms with Crippen LogP contribution in [0.25, 0.3) is 10.2 Å². The first-order valence-electron chi connectivity index (χ1n) is 9.17. The molecule has 2 aromatic carbocycles. The summed E-state index contributed by atoms with van der Waals surface area (Å²) < 4.78 is 13.5. The van der Waals surface area contributed by atoms with Crippen molar-refractivity contribution in [3.8, 4) is 11.5 Å². The lowest BCUT2D eigenvalue weighted by Gasteiger charge is -2.19. The Morgan fingerprint density at radius 3 is 2.45 bits per heavy atom. The highest BCUT2D eigenvalue weighted by molar-refractivity contribution is 7.22. The summed E-state index contributed by atoms with van der Waals surface area (Å²) in [5.74, 6) is 1.46. The smallest absolute Gasteiger partial charge is 0.228 e. The van der Waals surface area contributed by atoms with Crippen molar-refractivity contribution in [1.29, 1.82) is 0 Å². The molecule has 0 saturated carbocycles. The summed E-state index contributed by atoms with van der Waals surface area (Å²) in [5.41, 5.74) is 1.87. The molecule has 29 heavy (non-hydrogen) atoms. The van der Waals surface area contributed by atoms with Crippen molar-refractivity contribution in [2.24, 2.45) is 0 Å². The molecule has 0 aliphatic rings. The van der Waals surface area contributed by atoms with Gasteiger partial charge in [-0.1, -0.05) is 23.5 Å². The van der Waals surface area contributed by atoms with Crippen LogP contribution >= 0.6 is 11.3 Å². The van der Waals surface area contributed by atoms with Gasteiger partial charge in [-0.2, -0.15) is 0 Å². The number of fused-ring (bicyclic) bond motifs is 1. The maximum Gasteiger partial charge on any atom is 0.228 e. The van der Waals surface area contributed by atoms with Gasteiger partial charge in [0, 0.05) is 12.4 Å². The van der Waals surface area contributed by atoms with E-state index in [2.05, 4.69) is 10.3 Å². The van der Waals surface area contributed by atoms with Gasteiger partial charge in [0.25, 0.3) is 0 Å². The van der Waals surface area contributed by atoms with E-state index in [4.69, 9.17) is 9.47 Å². The van der Waals surface area contributed by atoms with Gasteiger partial charge in [-0.15, -0.1) is 0 Å². The molecule has 2 aromatic heterocycles. The quantitative estimate of drug-likeness (QED) is 0.481. The van der Waals surface area contributed by atoms with Gasteiger partial charge >= 0.3 is 0 Å². The number of anilines is 1. The highest BCUT2D eigenvalue weighted by atomic mass is 32.1. The van der Waals surface area contributed by atoms with Gasteiger partial charge in [0.15, 0.2) is 5.13 Å². The summed E-state index contributed by atoms with van der Waals surface area (Å²) in [6.07, 6.45) is 4.22. The monoisotopic (exact) mass is 407 g/mol. The summed E-state index contributed by atoms with van der Waals surface area (Å²) in [7, 11) is 3.27. The lowest BCUT2D eigenvalue weighted by atomic mass is 10.0. The molecule has 0 radical (unpaired) electrons. The van der Waals surface area contributed by atoms with E-state index < -0.39 is 0 Å². The van der Waals surface area contributed by atoms with E-state index in [9.17, 15) is 4.79 Å². The molecular weight excluding hydrogens is 386 g/mol. The number of ether oxygens (including phenoxy) is 2. The minimum Gasteiger partial charge on any atom is -0.497 e. The fraction of sp³-hybridized carbons (Fsp3) is 0.182. The van der Waals surface area contributed by atoms with Gasteiger partial charge in [0.1, 0.15) is 11.5 Å². The van der Waals surface area contributed by atoms with Crippen LogP contribution in [0.4, 0.5) is 5.13 Å². The van der Waals surface area contributed by atoms with Crippen molar-refractivity contribution in [3.05, 3.63) is 72.6 Å². The number of nitrogens with zero attached hydrogens (tertiary/aromatic N) is 2. The number of nitrogens with one attached hydrogen (secondary N) is 1. The van der Waals surface area contributed by atoms with Crippen LogP contribution in [0.15, 0.2) is 67.0 Å². The molecule has 0 aliphatic carbocycles. The zero-order valence-electron chi connectivity index (χ0n) is 16.2. The molecule has 4 aromatic rings. The topological polar surface area (TPSA) is 65.4 Å². The minimum atomic E-state index is -0.120. The largest absolute Gasteiger partial charge is 0.497 e. The Balaban J connectivity index is 1.53. The molecule has 4 rings (SSSR count). The Morgan fingerprint density at radius 2 is 1.76 bits per heavy atom. The molecule has 1 N–H and O–H groups in total. The zero-order chi connectivity index (χ0) is 20.2. The molecule has 7 heteroatoms. The predicted octanol–water partition coefficient (Wildman–Crippen LogP) is 4.73. The number of hydrogen-bond donors (Lipinski definition) is 1. The van der Waals surface area contributed by atoms with Crippen molar-refractivity contribution in [2.75, 3.05) is 19.5 Å². The van der Waals surface area contributed by atoms with Crippen LogP contribution < -0.4 is 14.8 Å². The molecule has 0 fully saturated rings. The molecule has 1 unspecified atom stereocenters. The first-order chi connectivity index (χ1) is 14.2. The van der Waals surface area contributed by atoms with E-state index in [1.807, 2.05) is 71.6 Å². The number of aromatic nitrogens is 2. The molecule has 0 saturated heterocycles. The van der Waals surface area contributed by atoms with Crippen LogP contribution in [-0.4, -0.2) is 29.7 Å². The third-order valence-corrected chi connectivity index (χ3v) is 5.64. The van der Waals surface area contributed by atoms with E-state index >= 15 is 0 Å². The maximum absolute atomic E-state index is 12.8. The molecule has 1 atom stereocenters. The predicted molar refractivity (Wildman–Crippen MR) is 115 cm³/mol. The van der Waals surface area contributed by atoms with E-state index in [1.54, 1.807) is 14.2 Å². The number of carbonyl (C=O) groups is 1. The SMILES string of the molecule is COc1ccc(C(CC(=O)Nc2nc3ccc(OC)cc3s2)n2cccc2)cc1. The number of hydrogen-bond acceptors (Lipinski definition) is 5. The van der Waals surface area contributed by atoms with Crippen LogP contribution in [0.5, 0.6) is 11.5 Å². The second-order valence-electron chi connectivity index (χ2n) is 6.52. The number of benzene rings is 2. The first kappa shape index (κ1) is 19.0.